The summed E-state index contributed by atoms with van der Waals surface area (Å²) in [5.41, 5.74) is 1.24. The van der Waals surface area contributed by atoms with E-state index in [0.717, 1.165) is 36.8 Å². The first kappa shape index (κ1) is 20.5. The Labute approximate surface area is 168 Å². The van der Waals surface area contributed by atoms with Crippen LogP contribution in [0.1, 0.15) is 50.7 Å². The molecule has 6 heteroatoms. The number of phenolic OH excluding ortho intramolecular Hbond substituents is 2. The highest BCUT2D eigenvalue weighted by Gasteiger charge is 2.31. The Kier molecular flexibility index (Phi) is 6.78. The zero-order valence-electron chi connectivity index (χ0n) is 14.0. The standard InChI is InChI=1S/C19H20Cl4O2/c1-3-4-5-6-19(2,11-7-13(20)17(24)14(21)8-11)12-9-15(22)18(25)16(23)10-12/h7-10,24-25H,3-6H2,1-2H3. The molecule has 0 heterocycles. The summed E-state index contributed by atoms with van der Waals surface area (Å²) in [7, 11) is 0. The van der Waals surface area contributed by atoms with Gasteiger partial charge in [-0.05, 0) is 41.8 Å². The fourth-order valence-corrected chi connectivity index (χ4v) is 3.93. The second kappa shape index (κ2) is 8.26. The average molecular weight is 422 g/mol. The van der Waals surface area contributed by atoms with E-state index in [4.69, 9.17) is 46.4 Å². The van der Waals surface area contributed by atoms with Crippen LogP contribution in [-0.2, 0) is 5.41 Å². The van der Waals surface area contributed by atoms with Crippen molar-refractivity contribution in [2.75, 3.05) is 0 Å². The molecule has 0 amide bonds. The maximum absolute atomic E-state index is 9.87. The van der Waals surface area contributed by atoms with Crippen LogP contribution in [0.25, 0.3) is 0 Å². The molecule has 0 aromatic heterocycles. The number of hydrogen-bond donors (Lipinski definition) is 2. The summed E-state index contributed by atoms with van der Waals surface area (Å²) in [5, 5.41) is 20.5. The normalized spacial score (nSPS) is 11.8. The molecule has 0 fully saturated rings. The van der Waals surface area contributed by atoms with Gasteiger partial charge in [-0.25, -0.2) is 0 Å². The third-order valence-corrected chi connectivity index (χ3v) is 5.74. The van der Waals surface area contributed by atoms with E-state index in [1.807, 2.05) is 0 Å². The van der Waals surface area contributed by atoms with Crippen molar-refractivity contribution < 1.29 is 10.2 Å². The Morgan fingerprint density at radius 1 is 0.760 bits per heavy atom. The lowest BCUT2D eigenvalue weighted by atomic mass is 9.72. The lowest BCUT2D eigenvalue weighted by Gasteiger charge is -2.32. The molecule has 0 aliphatic heterocycles. The van der Waals surface area contributed by atoms with Crippen LogP contribution >= 0.6 is 46.4 Å². The van der Waals surface area contributed by atoms with Gasteiger partial charge in [-0.3, -0.25) is 0 Å². The zero-order chi connectivity index (χ0) is 18.8. The monoisotopic (exact) mass is 420 g/mol. The zero-order valence-corrected chi connectivity index (χ0v) is 17.1. The van der Waals surface area contributed by atoms with E-state index < -0.39 is 5.41 Å². The first-order valence-corrected chi connectivity index (χ1v) is 9.59. The fourth-order valence-electron chi connectivity index (χ4n) is 2.95. The molecular formula is C19H20Cl4O2. The first-order chi connectivity index (χ1) is 11.7. The van der Waals surface area contributed by atoms with Gasteiger partial charge in [0.1, 0.15) is 0 Å². The minimum atomic E-state index is -0.475. The maximum Gasteiger partial charge on any atom is 0.152 e. The molecule has 0 aliphatic rings. The summed E-state index contributed by atoms with van der Waals surface area (Å²) in [6, 6.07) is 6.85. The van der Waals surface area contributed by atoms with Crippen LogP contribution in [0.4, 0.5) is 0 Å². The molecule has 0 saturated heterocycles. The van der Waals surface area contributed by atoms with E-state index in [9.17, 15) is 10.2 Å². The lowest BCUT2D eigenvalue weighted by Crippen LogP contribution is -2.24. The van der Waals surface area contributed by atoms with Gasteiger partial charge in [-0.1, -0.05) is 79.5 Å². The Morgan fingerprint density at radius 2 is 1.12 bits per heavy atom. The van der Waals surface area contributed by atoms with Gasteiger partial charge in [-0.2, -0.15) is 0 Å². The summed E-state index contributed by atoms with van der Waals surface area (Å²) in [6.07, 6.45) is 3.97. The van der Waals surface area contributed by atoms with E-state index >= 15 is 0 Å². The predicted octanol–water partition coefficient (Wildman–Crippen LogP) is 7.60. The summed E-state index contributed by atoms with van der Waals surface area (Å²) in [4.78, 5) is 0. The van der Waals surface area contributed by atoms with Crippen LogP contribution in [0.2, 0.25) is 20.1 Å². The molecule has 0 atom stereocenters. The molecule has 0 spiro atoms. The quantitative estimate of drug-likeness (QED) is 0.471. The van der Waals surface area contributed by atoms with Crippen molar-refractivity contribution in [3.05, 3.63) is 55.5 Å². The van der Waals surface area contributed by atoms with Crippen molar-refractivity contribution in [2.45, 2.75) is 44.9 Å². The van der Waals surface area contributed by atoms with E-state index in [1.165, 1.54) is 0 Å². The summed E-state index contributed by atoms with van der Waals surface area (Å²) in [5.74, 6) is -0.269. The molecule has 0 radical (unpaired) electrons. The van der Waals surface area contributed by atoms with Gasteiger partial charge in [0.15, 0.2) is 11.5 Å². The molecule has 2 N–H and O–H groups in total. The topological polar surface area (TPSA) is 40.5 Å². The molecule has 2 aromatic rings. The van der Waals surface area contributed by atoms with Gasteiger partial charge < -0.3 is 10.2 Å². The van der Waals surface area contributed by atoms with Crippen molar-refractivity contribution >= 4 is 46.4 Å². The Hall–Kier alpha value is -0.800. The summed E-state index contributed by atoms with van der Waals surface area (Å²) < 4.78 is 0. The molecule has 0 saturated carbocycles. The molecule has 2 aromatic carbocycles. The molecule has 2 nitrogen and oxygen atoms in total. The van der Waals surface area contributed by atoms with Gasteiger partial charge in [0.05, 0.1) is 20.1 Å². The van der Waals surface area contributed by atoms with E-state index in [1.54, 1.807) is 24.3 Å². The molecule has 2 rings (SSSR count). The van der Waals surface area contributed by atoms with Gasteiger partial charge in [0.2, 0.25) is 0 Å². The van der Waals surface area contributed by atoms with Crippen molar-refractivity contribution in [1.82, 2.24) is 0 Å². The third kappa shape index (κ3) is 4.31. The highest BCUT2D eigenvalue weighted by molar-refractivity contribution is 6.37. The molecule has 136 valence electrons. The van der Waals surface area contributed by atoms with Crippen LogP contribution in [0.5, 0.6) is 11.5 Å². The number of phenols is 2. The highest BCUT2D eigenvalue weighted by Crippen LogP contribution is 2.45. The summed E-state index contributed by atoms with van der Waals surface area (Å²) in [6.45, 7) is 4.20. The Morgan fingerprint density at radius 3 is 1.44 bits per heavy atom. The van der Waals surface area contributed by atoms with Crippen molar-refractivity contribution in [1.29, 1.82) is 0 Å². The minimum absolute atomic E-state index is 0.134. The number of halogens is 4. The second-order valence-electron chi connectivity index (χ2n) is 6.37. The van der Waals surface area contributed by atoms with Crippen molar-refractivity contribution in [2.24, 2.45) is 0 Å². The van der Waals surface area contributed by atoms with Crippen LogP contribution in [-0.4, -0.2) is 10.2 Å². The number of hydrogen-bond acceptors (Lipinski definition) is 2. The molecular weight excluding hydrogens is 402 g/mol. The molecule has 0 unspecified atom stereocenters. The SMILES string of the molecule is CCCCCC(C)(c1cc(Cl)c(O)c(Cl)c1)c1cc(Cl)c(O)c(Cl)c1. The highest BCUT2D eigenvalue weighted by atomic mass is 35.5. The summed E-state index contributed by atoms with van der Waals surface area (Å²) >= 11 is 24.5. The minimum Gasteiger partial charge on any atom is -0.505 e. The van der Waals surface area contributed by atoms with E-state index in [2.05, 4.69) is 13.8 Å². The first-order valence-electron chi connectivity index (χ1n) is 8.07. The number of aromatic hydroxyl groups is 2. The number of rotatable bonds is 6. The second-order valence-corrected chi connectivity index (χ2v) is 8.00. The fraction of sp³-hybridized carbons (Fsp3) is 0.368. The smallest absolute Gasteiger partial charge is 0.152 e. The Bertz CT molecular complexity index is 671. The van der Waals surface area contributed by atoms with Crippen LogP contribution < -0.4 is 0 Å². The third-order valence-electron chi connectivity index (χ3n) is 4.59. The predicted molar refractivity (Wildman–Crippen MR) is 107 cm³/mol. The maximum atomic E-state index is 9.87. The molecule has 0 aliphatic carbocycles. The van der Waals surface area contributed by atoms with Crippen LogP contribution in [0.3, 0.4) is 0 Å². The van der Waals surface area contributed by atoms with Crippen LogP contribution in [0, 0.1) is 0 Å². The van der Waals surface area contributed by atoms with Gasteiger partial charge in [0.25, 0.3) is 0 Å². The van der Waals surface area contributed by atoms with Gasteiger partial charge in [-0.15, -0.1) is 0 Å². The van der Waals surface area contributed by atoms with Gasteiger partial charge in [0, 0.05) is 5.41 Å². The number of benzene rings is 2. The number of unbranched alkanes of at least 4 members (excludes halogenated alkanes) is 2. The lowest BCUT2D eigenvalue weighted by molar-refractivity contribution is 0.465. The molecule has 25 heavy (non-hydrogen) atoms. The average Bonchev–Trinajstić information content (AvgIpc) is 2.56. The van der Waals surface area contributed by atoms with Crippen LogP contribution in [0.15, 0.2) is 24.3 Å². The van der Waals surface area contributed by atoms with E-state index in [-0.39, 0.29) is 31.6 Å². The largest absolute Gasteiger partial charge is 0.505 e. The van der Waals surface area contributed by atoms with Crippen molar-refractivity contribution in [3.63, 3.8) is 0 Å². The van der Waals surface area contributed by atoms with E-state index in [0.29, 0.717) is 0 Å². The molecule has 0 bridgehead atoms. The Balaban J connectivity index is 2.62. The van der Waals surface area contributed by atoms with Crippen molar-refractivity contribution in [3.8, 4) is 11.5 Å². The van der Waals surface area contributed by atoms with Gasteiger partial charge >= 0.3 is 0 Å².